The molecule has 0 spiro atoms. The number of hydrogen-bond donors (Lipinski definition) is 2. The van der Waals surface area contributed by atoms with Crippen LogP contribution in [0.1, 0.15) is 15.9 Å². The van der Waals surface area contributed by atoms with Crippen LogP contribution in [-0.4, -0.2) is 31.1 Å². The monoisotopic (exact) mass is 451 g/mol. The number of carbonyl (C=O) groups excluding carboxylic acids is 3. The Bertz CT molecular complexity index is 1150. The van der Waals surface area contributed by atoms with Crippen LogP contribution in [0.15, 0.2) is 77.9 Å². The molecule has 2 amide bonds. The van der Waals surface area contributed by atoms with E-state index < -0.39 is 17.8 Å². The topological polar surface area (TPSA) is 106 Å². The molecule has 0 unspecified atom stereocenters. The minimum Gasteiger partial charge on any atom is -0.495 e. The quantitative estimate of drug-likeness (QED) is 0.195. The highest BCUT2D eigenvalue weighted by atomic mass is 35.5. The van der Waals surface area contributed by atoms with E-state index in [1.54, 1.807) is 72.8 Å². The first-order valence-electron chi connectivity index (χ1n) is 9.31. The largest absolute Gasteiger partial charge is 0.495 e. The van der Waals surface area contributed by atoms with E-state index in [2.05, 4.69) is 15.8 Å². The Morgan fingerprint density at radius 1 is 0.906 bits per heavy atom. The number of para-hydroxylation sites is 2. The fraction of sp³-hybridized carbons (Fsp3) is 0.0435. The van der Waals surface area contributed by atoms with Crippen molar-refractivity contribution in [3.8, 4) is 11.5 Å². The summed E-state index contributed by atoms with van der Waals surface area (Å²) in [4.78, 5) is 36.0. The molecule has 0 aromatic heterocycles. The van der Waals surface area contributed by atoms with Crippen molar-refractivity contribution in [2.45, 2.75) is 0 Å². The molecular formula is C23H18ClN3O5. The van der Waals surface area contributed by atoms with Crippen LogP contribution in [-0.2, 0) is 9.59 Å². The summed E-state index contributed by atoms with van der Waals surface area (Å²) in [5.41, 5.74) is 3.49. The predicted octanol–water partition coefficient (Wildman–Crippen LogP) is 3.66. The highest BCUT2D eigenvalue weighted by Gasteiger charge is 2.15. The summed E-state index contributed by atoms with van der Waals surface area (Å²) in [7, 11) is 1.46. The van der Waals surface area contributed by atoms with Gasteiger partial charge < -0.3 is 14.8 Å². The Morgan fingerprint density at radius 2 is 1.59 bits per heavy atom. The molecule has 162 valence electrons. The molecule has 0 bridgehead atoms. The second-order valence-corrected chi connectivity index (χ2v) is 6.76. The molecule has 3 aromatic rings. The Morgan fingerprint density at radius 3 is 2.28 bits per heavy atom. The molecular weight excluding hydrogens is 434 g/mol. The van der Waals surface area contributed by atoms with Gasteiger partial charge in [0.1, 0.15) is 11.5 Å². The van der Waals surface area contributed by atoms with Crippen molar-refractivity contribution in [3.05, 3.63) is 88.9 Å². The summed E-state index contributed by atoms with van der Waals surface area (Å²) in [5.74, 6) is -1.59. The van der Waals surface area contributed by atoms with Crippen LogP contribution in [0.3, 0.4) is 0 Å². The summed E-state index contributed by atoms with van der Waals surface area (Å²) in [6.07, 6.45) is 1.35. The summed E-state index contributed by atoms with van der Waals surface area (Å²) < 4.78 is 10.4. The molecule has 8 nitrogen and oxygen atoms in total. The molecule has 9 heteroatoms. The fourth-order valence-corrected chi connectivity index (χ4v) is 2.64. The standard InChI is InChI=1S/C23H18ClN3O5/c1-31-20-5-3-2-4-19(20)26-21(28)22(29)27-25-14-15-6-12-18(13-7-15)32-23(30)16-8-10-17(24)11-9-16/h2-14H,1H3,(H,26,28)(H,27,29)/b25-14+. The van der Waals surface area contributed by atoms with Gasteiger partial charge in [-0.2, -0.15) is 5.10 Å². The van der Waals surface area contributed by atoms with Crippen molar-refractivity contribution in [1.82, 2.24) is 5.43 Å². The number of hydrogen-bond acceptors (Lipinski definition) is 6. The Balaban J connectivity index is 1.52. The number of ether oxygens (including phenoxy) is 2. The third-order valence-corrected chi connectivity index (χ3v) is 4.36. The molecule has 32 heavy (non-hydrogen) atoms. The molecule has 0 aliphatic rings. The lowest BCUT2D eigenvalue weighted by atomic mass is 10.2. The molecule has 0 aliphatic carbocycles. The zero-order valence-corrected chi connectivity index (χ0v) is 17.6. The summed E-state index contributed by atoms with van der Waals surface area (Å²) >= 11 is 5.80. The zero-order valence-electron chi connectivity index (χ0n) is 16.9. The maximum absolute atomic E-state index is 12.1. The van der Waals surface area contributed by atoms with Gasteiger partial charge in [0.2, 0.25) is 0 Å². The van der Waals surface area contributed by atoms with Gasteiger partial charge >= 0.3 is 17.8 Å². The van der Waals surface area contributed by atoms with Crippen LogP contribution >= 0.6 is 11.6 Å². The van der Waals surface area contributed by atoms with E-state index in [0.717, 1.165) is 0 Å². The summed E-state index contributed by atoms with van der Waals surface area (Å²) in [6, 6.07) is 19.5. The third kappa shape index (κ3) is 6.16. The molecule has 0 heterocycles. The number of carbonyl (C=O) groups is 3. The lowest BCUT2D eigenvalue weighted by molar-refractivity contribution is -0.136. The average molecular weight is 452 g/mol. The molecule has 0 saturated heterocycles. The number of methoxy groups -OCH3 is 1. The van der Waals surface area contributed by atoms with Gasteiger partial charge in [-0.1, -0.05) is 23.7 Å². The van der Waals surface area contributed by atoms with Gasteiger partial charge in [0, 0.05) is 5.02 Å². The van der Waals surface area contributed by atoms with E-state index in [-0.39, 0.29) is 0 Å². The molecule has 3 aromatic carbocycles. The molecule has 0 radical (unpaired) electrons. The van der Waals surface area contributed by atoms with Gasteiger partial charge in [0.15, 0.2) is 0 Å². The normalized spacial score (nSPS) is 10.4. The number of anilines is 1. The second-order valence-electron chi connectivity index (χ2n) is 6.32. The van der Waals surface area contributed by atoms with Gasteiger partial charge in [-0.05, 0) is 66.2 Å². The number of halogens is 1. The lowest BCUT2D eigenvalue weighted by Gasteiger charge is -2.08. The van der Waals surface area contributed by atoms with Crippen LogP contribution in [0.25, 0.3) is 0 Å². The van der Waals surface area contributed by atoms with Gasteiger partial charge in [0.25, 0.3) is 0 Å². The van der Waals surface area contributed by atoms with Crippen LogP contribution in [0, 0.1) is 0 Å². The zero-order chi connectivity index (χ0) is 22.9. The SMILES string of the molecule is COc1ccccc1NC(=O)C(=O)N/N=C/c1ccc(OC(=O)c2ccc(Cl)cc2)cc1. The maximum atomic E-state index is 12.1. The van der Waals surface area contributed by atoms with Crippen molar-refractivity contribution in [1.29, 1.82) is 0 Å². The van der Waals surface area contributed by atoms with E-state index in [9.17, 15) is 14.4 Å². The molecule has 3 rings (SSSR count). The number of amides is 2. The maximum Gasteiger partial charge on any atom is 0.343 e. The fourth-order valence-electron chi connectivity index (χ4n) is 2.52. The average Bonchev–Trinajstić information content (AvgIpc) is 2.80. The van der Waals surface area contributed by atoms with Crippen LogP contribution in [0.2, 0.25) is 5.02 Å². The number of hydrazone groups is 1. The number of nitrogens with zero attached hydrogens (tertiary/aromatic N) is 1. The molecule has 2 N–H and O–H groups in total. The highest BCUT2D eigenvalue weighted by molar-refractivity contribution is 6.39. The molecule has 0 atom stereocenters. The van der Waals surface area contributed by atoms with Crippen molar-refractivity contribution in [3.63, 3.8) is 0 Å². The van der Waals surface area contributed by atoms with E-state index >= 15 is 0 Å². The first-order valence-corrected chi connectivity index (χ1v) is 9.69. The highest BCUT2D eigenvalue weighted by Crippen LogP contribution is 2.22. The molecule has 0 fully saturated rings. The van der Waals surface area contributed by atoms with Crippen LogP contribution in [0.4, 0.5) is 5.69 Å². The minimum absolute atomic E-state index is 0.335. The van der Waals surface area contributed by atoms with Gasteiger partial charge in [0.05, 0.1) is 24.6 Å². The van der Waals surface area contributed by atoms with Crippen molar-refractivity contribution in [2.75, 3.05) is 12.4 Å². The predicted molar refractivity (Wildman–Crippen MR) is 120 cm³/mol. The Labute approximate surface area is 188 Å². The first-order chi connectivity index (χ1) is 15.5. The smallest absolute Gasteiger partial charge is 0.343 e. The molecule has 0 aliphatic heterocycles. The number of benzene rings is 3. The van der Waals surface area contributed by atoms with E-state index in [4.69, 9.17) is 21.1 Å². The van der Waals surface area contributed by atoms with E-state index in [0.29, 0.717) is 33.3 Å². The van der Waals surface area contributed by atoms with Crippen molar-refractivity contribution < 1.29 is 23.9 Å². The summed E-state index contributed by atoms with van der Waals surface area (Å²) in [5, 5.41) is 6.73. The Kier molecular flexibility index (Phi) is 7.55. The number of rotatable bonds is 6. The van der Waals surface area contributed by atoms with E-state index in [1.165, 1.54) is 13.3 Å². The van der Waals surface area contributed by atoms with Gasteiger partial charge in [-0.15, -0.1) is 0 Å². The lowest BCUT2D eigenvalue weighted by Crippen LogP contribution is -2.32. The van der Waals surface area contributed by atoms with E-state index in [1.807, 2.05) is 0 Å². The second kappa shape index (κ2) is 10.7. The van der Waals surface area contributed by atoms with Crippen molar-refractivity contribution in [2.24, 2.45) is 5.10 Å². The number of esters is 1. The minimum atomic E-state index is -0.944. The van der Waals surface area contributed by atoms with Crippen LogP contribution in [0.5, 0.6) is 11.5 Å². The Hall–Kier alpha value is -4.17. The number of nitrogens with one attached hydrogen (secondary N) is 2. The van der Waals surface area contributed by atoms with Gasteiger partial charge in [-0.3, -0.25) is 9.59 Å². The van der Waals surface area contributed by atoms with Gasteiger partial charge in [-0.25, -0.2) is 10.2 Å². The van der Waals surface area contributed by atoms with Crippen LogP contribution < -0.4 is 20.2 Å². The first kappa shape index (κ1) is 22.5. The molecule has 0 saturated carbocycles. The summed E-state index contributed by atoms with van der Waals surface area (Å²) in [6.45, 7) is 0. The third-order valence-electron chi connectivity index (χ3n) is 4.11. The van der Waals surface area contributed by atoms with Crippen molar-refractivity contribution >= 4 is 41.3 Å².